The minimum atomic E-state index is -3.91. The van der Waals surface area contributed by atoms with E-state index in [1.807, 2.05) is 6.07 Å². The topological polar surface area (TPSA) is 99.3 Å². The number of ether oxygens (including phenoxy) is 1. The molecule has 2 aromatic carbocycles. The van der Waals surface area contributed by atoms with Crippen LogP contribution in [0.4, 0.5) is 0 Å². The van der Waals surface area contributed by atoms with Gasteiger partial charge in [0.05, 0.1) is 25.1 Å². The molecule has 0 spiro atoms. The molecule has 1 N–H and O–H groups in total. The van der Waals surface area contributed by atoms with Gasteiger partial charge >= 0.3 is 0 Å². The molecule has 0 radical (unpaired) electrons. The maximum Gasteiger partial charge on any atom is 0.243 e. The second kappa shape index (κ2) is 11.6. The molecule has 0 saturated heterocycles. The first kappa shape index (κ1) is 28.6. The van der Waals surface area contributed by atoms with Crippen molar-refractivity contribution in [1.82, 2.24) is 19.4 Å². The van der Waals surface area contributed by atoms with Crippen molar-refractivity contribution in [2.24, 2.45) is 0 Å². The van der Waals surface area contributed by atoms with Gasteiger partial charge in [0.15, 0.2) is 0 Å². The molecule has 10 heteroatoms. The summed E-state index contributed by atoms with van der Waals surface area (Å²) in [5, 5.41) is 2.55. The lowest BCUT2D eigenvalue weighted by atomic mass is 10.1. The number of sulfonamides is 1. The molecular weight excluding hydrogens is 492 g/mol. The van der Waals surface area contributed by atoms with Crippen LogP contribution < -0.4 is 10.1 Å². The van der Waals surface area contributed by atoms with Crippen molar-refractivity contribution in [3.05, 3.63) is 58.1 Å². The Kier molecular flexibility index (Phi) is 8.99. The number of benzene rings is 2. The van der Waals surface area contributed by atoms with Gasteiger partial charge in [-0.05, 0) is 80.7 Å². The Bertz CT molecular complexity index is 1250. The molecule has 3 rings (SSSR count). The number of hydrogen-bond acceptors (Lipinski definition) is 6. The summed E-state index contributed by atoms with van der Waals surface area (Å²) in [4.78, 5) is 29.1. The first-order valence-electron chi connectivity index (χ1n) is 12.2. The van der Waals surface area contributed by atoms with Crippen LogP contribution in [0.3, 0.4) is 0 Å². The average Bonchev–Trinajstić information content (AvgIpc) is 3.25. The number of amides is 2. The highest BCUT2D eigenvalue weighted by Crippen LogP contribution is 2.28. The van der Waals surface area contributed by atoms with Gasteiger partial charge in [-0.3, -0.25) is 9.59 Å². The van der Waals surface area contributed by atoms with E-state index >= 15 is 0 Å². The number of nitrogens with one attached hydrogen (secondary N) is 1. The van der Waals surface area contributed by atoms with Gasteiger partial charge in [0.1, 0.15) is 5.75 Å². The maximum absolute atomic E-state index is 13.1. The molecule has 37 heavy (non-hydrogen) atoms. The van der Waals surface area contributed by atoms with Gasteiger partial charge in [0, 0.05) is 26.7 Å². The van der Waals surface area contributed by atoms with Crippen LogP contribution in [-0.4, -0.2) is 88.8 Å². The Morgan fingerprint density at radius 2 is 1.62 bits per heavy atom. The summed E-state index contributed by atoms with van der Waals surface area (Å²) in [5.41, 5.74) is 4.77. The summed E-state index contributed by atoms with van der Waals surface area (Å²) < 4.78 is 32.4. The summed E-state index contributed by atoms with van der Waals surface area (Å²) >= 11 is 0. The van der Waals surface area contributed by atoms with Crippen LogP contribution in [0.15, 0.2) is 35.2 Å². The lowest BCUT2D eigenvalue weighted by Crippen LogP contribution is -2.43. The lowest BCUT2D eigenvalue weighted by molar-refractivity contribution is -0.132. The normalized spacial score (nSPS) is 15.1. The van der Waals surface area contributed by atoms with Crippen molar-refractivity contribution in [3.63, 3.8) is 0 Å². The third-order valence-corrected chi connectivity index (χ3v) is 9.01. The maximum atomic E-state index is 13.1. The molecule has 1 atom stereocenters. The minimum Gasteiger partial charge on any atom is -0.497 e. The van der Waals surface area contributed by atoms with Crippen LogP contribution in [0.25, 0.3) is 0 Å². The number of nitrogens with zero attached hydrogens (tertiary/aromatic N) is 3. The van der Waals surface area contributed by atoms with E-state index in [1.54, 1.807) is 37.9 Å². The molecule has 2 aromatic rings. The zero-order chi connectivity index (χ0) is 27.5. The number of hydrogen-bond donors (Lipinski definition) is 1. The molecule has 0 bridgehead atoms. The van der Waals surface area contributed by atoms with Crippen molar-refractivity contribution < 1.29 is 22.7 Å². The molecule has 1 aliphatic carbocycles. The highest BCUT2D eigenvalue weighted by Gasteiger charge is 2.27. The van der Waals surface area contributed by atoms with E-state index in [0.717, 1.165) is 22.7 Å². The Morgan fingerprint density at radius 3 is 2.22 bits per heavy atom. The van der Waals surface area contributed by atoms with Crippen molar-refractivity contribution in [1.29, 1.82) is 0 Å². The number of carbonyl (C=O) groups is 2. The van der Waals surface area contributed by atoms with Crippen molar-refractivity contribution >= 4 is 21.8 Å². The third-order valence-electron chi connectivity index (χ3n) is 6.90. The van der Waals surface area contributed by atoms with E-state index in [-0.39, 0.29) is 17.3 Å². The van der Waals surface area contributed by atoms with Crippen LogP contribution >= 0.6 is 0 Å². The van der Waals surface area contributed by atoms with Crippen LogP contribution in [0.1, 0.15) is 27.8 Å². The van der Waals surface area contributed by atoms with E-state index < -0.39 is 22.5 Å². The van der Waals surface area contributed by atoms with Crippen LogP contribution in [-0.2, 0) is 39.0 Å². The zero-order valence-electron chi connectivity index (χ0n) is 22.8. The Balaban J connectivity index is 1.54. The molecular formula is C27H38N4O5S. The molecule has 202 valence electrons. The lowest BCUT2D eigenvalue weighted by Gasteiger charge is -2.21. The number of likely N-dealkylation sites (N-methyl/N-ethyl adjacent to an activating group) is 3. The quantitative estimate of drug-likeness (QED) is 0.503. The molecule has 1 aliphatic rings. The molecule has 0 aromatic heterocycles. The first-order chi connectivity index (χ1) is 17.3. The van der Waals surface area contributed by atoms with E-state index in [0.29, 0.717) is 29.5 Å². The summed E-state index contributed by atoms with van der Waals surface area (Å²) in [6, 6.07) is 10.1. The van der Waals surface area contributed by atoms with Crippen molar-refractivity contribution in [2.75, 3.05) is 48.4 Å². The summed E-state index contributed by atoms with van der Waals surface area (Å²) in [6.07, 6.45) is 2.03. The SMILES string of the molecule is COc1cc(C)c(S(=O)(=O)N(C)CC(=O)NCC(=O)N(C)Cc2ccc3c(c2)CC(N(C)C)C3)c(C)c1. The predicted molar refractivity (Wildman–Crippen MR) is 143 cm³/mol. The smallest absolute Gasteiger partial charge is 0.243 e. The van der Waals surface area contributed by atoms with E-state index in [2.05, 4.69) is 36.4 Å². The van der Waals surface area contributed by atoms with Gasteiger partial charge in [0.25, 0.3) is 0 Å². The molecule has 0 heterocycles. The van der Waals surface area contributed by atoms with Crippen LogP contribution in [0.2, 0.25) is 0 Å². The molecule has 0 saturated carbocycles. The first-order valence-corrected chi connectivity index (χ1v) is 13.7. The second-order valence-electron chi connectivity index (χ2n) is 10.0. The largest absolute Gasteiger partial charge is 0.497 e. The van der Waals surface area contributed by atoms with Crippen molar-refractivity contribution in [2.45, 2.75) is 44.2 Å². The fourth-order valence-electron chi connectivity index (χ4n) is 4.72. The average molecular weight is 531 g/mol. The summed E-state index contributed by atoms with van der Waals surface area (Å²) in [6.45, 7) is 3.19. The molecule has 9 nitrogen and oxygen atoms in total. The highest BCUT2D eigenvalue weighted by atomic mass is 32.2. The van der Waals surface area contributed by atoms with Gasteiger partial charge in [-0.2, -0.15) is 4.31 Å². The Labute approximate surface area is 220 Å². The van der Waals surface area contributed by atoms with E-state index in [9.17, 15) is 18.0 Å². The number of carbonyl (C=O) groups excluding carboxylic acids is 2. The molecule has 0 aliphatic heterocycles. The number of fused-ring (bicyclic) bond motifs is 1. The molecule has 2 amide bonds. The zero-order valence-corrected chi connectivity index (χ0v) is 23.6. The van der Waals surface area contributed by atoms with E-state index in [4.69, 9.17) is 4.74 Å². The summed E-state index contributed by atoms with van der Waals surface area (Å²) in [5.74, 6) is -0.245. The molecule has 1 unspecified atom stereocenters. The van der Waals surface area contributed by atoms with Gasteiger partial charge in [-0.1, -0.05) is 18.2 Å². The van der Waals surface area contributed by atoms with Gasteiger partial charge in [0.2, 0.25) is 21.8 Å². The standard InChI is InChI=1S/C27H38N4O5S/c1-18-10-24(36-7)11-19(2)27(18)37(34,35)31(6)17-25(32)28-15-26(33)30(5)16-20-8-9-21-13-23(29(3)4)14-22(21)12-20/h8-12,23H,13-17H2,1-7H3,(H,28,32). The fourth-order valence-corrected chi connectivity index (χ4v) is 6.25. The number of rotatable bonds is 10. The number of aryl methyl sites for hydroxylation is 2. The monoisotopic (exact) mass is 530 g/mol. The number of methoxy groups -OCH3 is 1. The van der Waals surface area contributed by atoms with Gasteiger partial charge < -0.3 is 19.9 Å². The summed E-state index contributed by atoms with van der Waals surface area (Å²) in [7, 11) is 4.82. The third kappa shape index (κ3) is 6.68. The predicted octanol–water partition coefficient (Wildman–Crippen LogP) is 1.74. The van der Waals surface area contributed by atoms with E-state index in [1.165, 1.54) is 25.3 Å². The van der Waals surface area contributed by atoms with Gasteiger partial charge in [-0.25, -0.2) is 8.42 Å². The Hall–Kier alpha value is -2.95. The van der Waals surface area contributed by atoms with Crippen molar-refractivity contribution in [3.8, 4) is 5.75 Å². The minimum absolute atomic E-state index is 0.144. The van der Waals surface area contributed by atoms with Crippen LogP contribution in [0, 0.1) is 13.8 Å². The second-order valence-corrected chi connectivity index (χ2v) is 12.0. The molecule has 0 fully saturated rings. The van der Waals surface area contributed by atoms with Gasteiger partial charge in [-0.15, -0.1) is 0 Å². The highest BCUT2D eigenvalue weighted by molar-refractivity contribution is 7.89. The Morgan fingerprint density at radius 1 is 1.00 bits per heavy atom. The van der Waals surface area contributed by atoms with Crippen LogP contribution in [0.5, 0.6) is 5.75 Å². The fraction of sp³-hybridized carbons (Fsp3) is 0.481.